The quantitative estimate of drug-likeness (QED) is 0.524. The molecule has 0 N–H and O–H groups in total. The highest BCUT2D eigenvalue weighted by Crippen LogP contribution is 2.44. The molecule has 1 nitrogen and oxygen atoms in total. The van der Waals surface area contributed by atoms with Crippen LogP contribution in [0.4, 0.5) is 0 Å². The lowest BCUT2D eigenvalue weighted by atomic mass is 9.82. The molecule has 132 valence electrons. The van der Waals surface area contributed by atoms with Crippen molar-refractivity contribution >= 4 is 18.8 Å². The molecule has 4 rings (SSSR count). The van der Waals surface area contributed by atoms with Gasteiger partial charge in [-0.3, -0.25) is 0 Å². The fourth-order valence-electron chi connectivity index (χ4n) is 3.84. The van der Waals surface area contributed by atoms with E-state index in [9.17, 15) is 0 Å². The monoisotopic (exact) mass is 360 g/mol. The first kappa shape index (κ1) is 17.5. The zero-order chi connectivity index (χ0) is 17.6. The highest BCUT2D eigenvalue weighted by molar-refractivity contribution is 7.68. The molecule has 0 heterocycles. The Kier molecular flexibility index (Phi) is 5.79. The van der Waals surface area contributed by atoms with Gasteiger partial charge in [0.25, 0.3) is 0 Å². The maximum Gasteiger partial charge on any atom is 0.0921 e. The lowest BCUT2D eigenvalue weighted by Crippen LogP contribution is -2.28. The Morgan fingerprint density at radius 2 is 1.12 bits per heavy atom. The van der Waals surface area contributed by atoms with Crippen molar-refractivity contribution in [2.45, 2.75) is 37.7 Å². The van der Waals surface area contributed by atoms with Gasteiger partial charge in [0.1, 0.15) is 0 Å². The third-order valence-corrected chi connectivity index (χ3v) is 7.17. The predicted molar refractivity (Wildman–Crippen MR) is 112 cm³/mol. The molecule has 2 heteroatoms. The van der Waals surface area contributed by atoms with Crippen molar-refractivity contribution in [3.8, 4) is 0 Å². The van der Waals surface area contributed by atoms with E-state index in [0.717, 1.165) is 6.42 Å². The Morgan fingerprint density at radius 1 is 0.615 bits per heavy atom. The third-order valence-electron chi connectivity index (χ3n) is 5.15. The summed E-state index contributed by atoms with van der Waals surface area (Å²) in [7, 11) is -0.791. The Labute approximate surface area is 157 Å². The first-order chi connectivity index (χ1) is 12.9. The zero-order valence-corrected chi connectivity index (χ0v) is 15.9. The van der Waals surface area contributed by atoms with Crippen molar-refractivity contribution in [3.63, 3.8) is 0 Å². The molecule has 0 spiro atoms. The second-order valence-electron chi connectivity index (χ2n) is 6.91. The van der Waals surface area contributed by atoms with Gasteiger partial charge < -0.3 is 4.52 Å². The second kappa shape index (κ2) is 8.62. The van der Waals surface area contributed by atoms with Crippen molar-refractivity contribution in [3.05, 3.63) is 96.6 Å². The first-order valence-electron chi connectivity index (χ1n) is 9.54. The van der Waals surface area contributed by atoms with Crippen LogP contribution >= 0.6 is 8.15 Å². The van der Waals surface area contributed by atoms with Gasteiger partial charge in [-0.05, 0) is 18.4 Å². The van der Waals surface area contributed by atoms with E-state index >= 15 is 0 Å². The summed E-state index contributed by atoms with van der Waals surface area (Å²) in [5.74, 6) is 0.502. The lowest BCUT2D eigenvalue weighted by Gasteiger charge is -2.34. The summed E-state index contributed by atoms with van der Waals surface area (Å²) in [6.07, 6.45) is 5.23. The molecular formula is C24H25OP. The number of rotatable bonds is 5. The summed E-state index contributed by atoms with van der Waals surface area (Å²) in [4.78, 5) is 0. The number of benzene rings is 3. The number of hydrogen-bond acceptors (Lipinski definition) is 1. The molecule has 3 aromatic carbocycles. The van der Waals surface area contributed by atoms with Crippen LogP contribution in [0.1, 0.15) is 37.2 Å². The fourth-order valence-corrected chi connectivity index (χ4v) is 5.79. The average Bonchev–Trinajstić information content (AvgIpc) is 2.74. The number of hydrogen-bond donors (Lipinski definition) is 0. The molecule has 0 aliphatic heterocycles. The van der Waals surface area contributed by atoms with Gasteiger partial charge in [-0.1, -0.05) is 104 Å². The summed E-state index contributed by atoms with van der Waals surface area (Å²) in [6, 6.07) is 32.4. The van der Waals surface area contributed by atoms with Crippen molar-refractivity contribution in [2.75, 3.05) is 0 Å². The molecule has 2 atom stereocenters. The molecule has 0 amide bonds. The van der Waals surface area contributed by atoms with Crippen LogP contribution in [0.3, 0.4) is 0 Å². The summed E-state index contributed by atoms with van der Waals surface area (Å²) >= 11 is 0. The van der Waals surface area contributed by atoms with Crippen molar-refractivity contribution in [1.29, 1.82) is 0 Å². The molecule has 1 saturated carbocycles. The van der Waals surface area contributed by atoms with E-state index in [0.29, 0.717) is 5.92 Å². The van der Waals surface area contributed by atoms with Gasteiger partial charge in [0, 0.05) is 16.5 Å². The third kappa shape index (κ3) is 4.06. The maximum absolute atomic E-state index is 6.90. The molecule has 0 bridgehead atoms. The van der Waals surface area contributed by atoms with Gasteiger partial charge in [-0.15, -0.1) is 0 Å². The lowest BCUT2D eigenvalue weighted by molar-refractivity contribution is 0.150. The minimum absolute atomic E-state index is 0.290. The normalized spacial score (nSPS) is 20.2. The van der Waals surface area contributed by atoms with E-state index in [1.807, 2.05) is 0 Å². The molecule has 1 aliphatic rings. The van der Waals surface area contributed by atoms with Crippen molar-refractivity contribution in [1.82, 2.24) is 0 Å². The smallest absolute Gasteiger partial charge is 0.0921 e. The zero-order valence-electron chi connectivity index (χ0n) is 15.0. The summed E-state index contributed by atoms with van der Waals surface area (Å²) in [5, 5.41) is 2.59. The largest absolute Gasteiger partial charge is 0.346 e. The van der Waals surface area contributed by atoms with Gasteiger partial charge in [0.2, 0.25) is 0 Å². The Balaban J connectivity index is 1.64. The molecule has 0 aromatic heterocycles. The molecule has 0 saturated heterocycles. The van der Waals surface area contributed by atoms with Crippen LogP contribution in [0.25, 0.3) is 0 Å². The Hall–Kier alpha value is -1.95. The SMILES string of the molecule is c1ccc([C@H]2CCCC[C@@H]2OP(c2ccccc2)c2ccccc2)cc1. The summed E-state index contributed by atoms with van der Waals surface area (Å²) in [5.41, 5.74) is 1.42. The van der Waals surface area contributed by atoms with E-state index < -0.39 is 8.15 Å². The van der Waals surface area contributed by atoms with Crippen LogP contribution in [-0.4, -0.2) is 6.10 Å². The van der Waals surface area contributed by atoms with E-state index in [2.05, 4.69) is 91.0 Å². The summed E-state index contributed by atoms with van der Waals surface area (Å²) < 4.78 is 6.90. The fraction of sp³-hybridized carbons (Fsp3) is 0.250. The van der Waals surface area contributed by atoms with Crippen LogP contribution in [0.2, 0.25) is 0 Å². The van der Waals surface area contributed by atoms with Gasteiger partial charge in [-0.25, -0.2) is 0 Å². The second-order valence-corrected chi connectivity index (χ2v) is 8.74. The van der Waals surface area contributed by atoms with Gasteiger partial charge in [-0.2, -0.15) is 0 Å². The standard InChI is InChI=1S/C24H25OP/c1-4-12-20(13-5-1)23-18-10-11-19-24(23)25-26(21-14-6-2-7-15-21)22-16-8-3-9-17-22/h1-9,12-17,23-24H,10-11,18-19H2/t23-,24+/m1/s1. The van der Waals surface area contributed by atoms with Crippen molar-refractivity contribution in [2.24, 2.45) is 0 Å². The van der Waals surface area contributed by atoms with E-state index in [1.54, 1.807) is 0 Å². The van der Waals surface area contributed by atoms with E-state index in [1.165, 1.54) is 35.4 Å². The van der Waals surface area contributed by atoms with Gasteiger partial charge in [0.15, 0.2) is 0 Å². The molecule has 0 unspecified atom stereocenters. The highest BCUT2D eigenvalue weighted by Gasteiger charge is 2.30. The van der Waals surface area contributed by atoms with Gasteiger partial charge in [0.05, 0.1) is 14.3 Å². The molecule has 0 radical (unpaired) electrons. The van der Waals surface area contributed by atoms with E-state index in [4.69, 9.17) is 4.52 Å². The highest BCUT2D eigenvalue weighted by atomic mass is 31.1. The van der Waals surface area contributed by atoms with Crippen LogP contribution < -0.4 is 10.6 Å². The maximum atomic E-state index is 6.90. The van der Waals surface area contributed by atoms with Crippen LogP contribution in [0.15, 0.2) is 91.0 Å². The average molecular weight is 360 g/mol. The molecule has 26 heavy (non-hydrogen) atoms. The van der Waals surface area contributed by atoms with Crippen LogP contribution in [0, 0.1) is 0 Å². The van der Waals surface area contributed by atoms with Gasteiger partial charge >= 0.3 is 0 Å². The Bertz CT molecular complexity index is 749. The van der Waals surface area contributed by atoms with Crippen LogP contribution in [-0.2, 0) is 4.52 Å². The first-order valence-corrected chi connectivity index (χ1v) is 10.8. The summed E-state index contributed by atoms with van der Waals surface area (Å²) in [6.45, 7) is 0. The minimum Gasteiger partial charge on any atom is -0.346 e. The minimum atomic E-state index is -0.791. The molecular weight excluding hydrogens is 335 g/mol. The Morgan fingerprint density at radius 3 is 1.69 bits per heavy atom. The molecule has 1 fully saturated rings. The van der Waals surface area contributed by atoms with Crippen LogP contribution in [0.5, 0.6) is 0 Å². The predicted octanol–water partition coefficient (Wildman–Crippen LogP) is 5.78. The molecule has 3 aromatic rings. The molecule has 1 aliphatic carbocycles. The van der Waals surface area contributed by atoms with E-state index in [-0.39, 0.29) is 6.10 Å². The topological polar surface area (TPSA) is 9.23 Å². The van der Waals surface area contributed by atoms with Crippen molar-refractivity contribution < 1.29 is 4.52 Å².